The number of anilines is 1. The van der Waals surface area contributed by atoms with Crippen molar-refractivity contribution in [3.8, 4) is 0 Å². The number of hydrogen-bond donors (Lipinski definition) is 2. The van der Waals surface area contributed by atoms with E-state index in [1.54, 1.807) is 0 Å². The quantitative estimate of drug-likeness (QED) is 0.833. The molecular formula is C23H33N3O. The topological polar surface area (TPSA) is 44.4 Å². The number of amides is 1. The molecule has 1 saturated heterocycles. The standard InChI is InChI=1S/C23H33N3O/c1-16-8-10-26(11-9-16)21-12-17(2)6-7-20(21)22(27)25-19-13-18(14-24-15-19)23(3,4)5/h6-7,12-14,16,24H,8-11,15H2,1-5H3,(H,25,27). The molecule has 2 heterocycles. The highest BCUT2D eigenvalue weighted by molar-refractivity contribution is 6.01. The first-order valence-electron chi connectivity index (χ1n) is 10.1. The molecule has 0 aromatic heterocycles. The Labute approximate surface area is 163 Å². The zero-order chi connectivity index (χ0) is 19.6. The summed E-state index contributed by atoms with van der Waals surface area (Å²) in [6.07, 6.45) is 6.51. The summed E-state index contributed by atoms with van der Waals surface area (Å²) in [6.45, 7) is 13.6. The second-order valence-corrected chi connectivity index (χ2v) is 9.04. The highest BCUT2D eigenvalue weighted by Gasteiger charge is 2.23. The van der Waals surface area contributed by atoms with Gasteiger partial charge in [-0.2, -0.15) is 0 Å². The predicted octanol–water partition coefficient (Wildman–Crippen LogP) is 4.38. The van der Waals surface area contributed by atoms with E-state index in [1.165, 1.54) is 24.0 Å². The maximum Gasteiger partial charge on any atom is 0.257 e. The van der Waals surface area contributed by atoms with Gasteiger partial charge in [-0.15, -0.1) is 0 Å². The normalized spacial score (nSPS) is 18.5. The summed E-state index contributed by atoms with van der Waals surface area (Å²) in [5.41, 5.74) is 5.18. The molecule has 1 aromatic carbocycles. The van der Waals surface area contributed by atoms with E-state index in [0.29, 0.717) is 6.54 Å². The average Bonchev–Trinajstić information content (AvgIpc) is 2.61. The van der Waals surface area contributed by atoms with Crippen molar-refractivity contribution < 1.29 is 4.79 Å². The van der Waals surface area contributed by atoms with Gasteiger partial charge in [0, 0.05) is 30.7 Å². The molecule has 3 rings (SSSR count). The number of hydrogen-bond acceptors (Lipinski definition) is 3. The monoisotopic (exact) mass is 367 g/mol. The highest BCUT2D eigenvalue weighted by atomic mass is 16.1. The SMILES string of the molecule is Cc1ccc(C(=O)NC2=CC(C(C)(C)C)=CNC2)c(N2CCC(C)CC2)c1. The molecule has 1 fully saturated rings. The fraction of sp³-hybridized carbons (Fsp3) is 0.522. The van der Waals surface area contributed by atoms with Gasteiger partial charge in [0.1, 0.15) is 0 Å². The molecule has 2 aliphatic rings. The van der Waals surface area contributed by atoms with Gasteiger partial charge in [0.25, 0.3) is 5.91 Å². The first-order chi connectivity index (χ1) is 12.7. The molecule has 0 spiro atoms. The Balaban J connectivity index is 1.81. The number of nitrogens with one attached hydrogen (secondary N) is 2. The van der Waals surface area contributed by atoms with E-state index in [4.69, 9.17) is 0 Å². The maximum atomic E-state index is 13.1. The fourth-order valence-corrected chi connectivity index (χ4v) is 3.62. The van der Waals surface area contributed by atoms with E-state index < -0.39 is 0 Å². The molecule has 4 nitrogen and oxygen atoms in total. The molecule has 2 N–H and O–H groups in total. The molecule has 0 saturated carbocycles. The number of dihydropyridines is 1. The van der Waals surface area contributed by atoms with Gasteiger partial charge >= 0.3 is 0 Å². The first-order valence-corrected chi connectivity index (χ1v) is 10.1. The summed E-state index contributed by atoms with van der Waals surface area (Å²) in [7, 11) is 0. The number of allylic oxidation sites excluding steroid dienone is 2. The zero-order valence-corrected chi connectivity index (χ0v) is 17.4. The third kappa shape index (κ3) is 4.74. The Kier molecular flexibility index (Phi) is 5.64. The smallest absolute Gasteiger partial charge is 0.257 e. The van der Waals surface area contributed by atoms with Crippen molar-refractivity contribution in [1.82, 2.24) is 10.6 Å². The number of rotatable bonds is 3. The third-order valence-corrected chi connectivity index (χ3v) is 5.54. The molecule has 1 aromatic rings. The molecule has 27 heavy (non-hydrogen) atoms. The minimum Gasteiger partial charge on any atom is -0.385 e. The van der Waals surface area contributed by atoms with Crippen molar-refractivity contribution in [2.75, 3.05) is 24.5 Å². The molecule has 2 aliphatic heterocycles. The third-order valence-electron chi connectivity index (χ3n) is 5.54. The van der Waals surface area contributed by atoms with Crippen LogP contribution >= 0.6 is 0 Å². The minimum atomic E-state index is -0.0215. The van der Waals surface area contributed by atoms with Crippen molar-refractivity contribution in [3.05, 3.63) is 52.9 Å². The Morgan fingerprint density at radius 3 is 2.59 bits per heavy atom. The highest BCUT2D eigenvalue weighted by Crippen LogP contribution is 2.29. The number of benzene rings is 1. The summed E-state index contributed by atoms with van der Waals surface area (Å²) in [6, 6.07) is 6.15. The van der Waals surface area contributed by atoms with Gasteiger partial charge in [-0.05, 0) is 60.4 Å². The van der Waals surface area contributed by atoms with Crippen molar-refractivity contribution in [2.24, 2.45) is 11.3 Å². The maximum absolute atomic E-state index is 13.1. The lowest BCUT2D eigenvalue weighted by Gasteiger charge is -2.33. The van der Waals surface area contributed by atoms with Crippen LogP contribution in [0.4, 0.5) is 5.69 Å². The Hall–Kier alpha value is -2.23. The lowest BCUT2D eigenvalue weighted by atomic mass is 9.85. The van der Waals surface area contributed by atoms with Gasteiger partial charge < -0.3 is 15.5 Å². The van der Waals surface area contributed by atoms with Gasteiger partial charge in [0.05, 0.1) is 12.1 Å². The second kappa shape index (κ2) is 7.79. The van der Waals surface area contributed by atoms with Crippen LogP contribution in [0.3, 0.4) is 0 Å². The number of aryl methyl sites for hydroxylation is 1. The van der Waals surface area contributed by atoms with E-state index in [-0.39, 0.29) is 11.3 Å². The van der Waals surface area contributed by atoms with Crippen LogP contribution in [-0.2, 0) is 0 Å². The van der Waals surface area contributed by atoms with Crippen LogP contribution in [-0.4, -0.2) is 25.5 Å². The van der Waals surface area contributed by atoms with E-state index in [2.05, 4.69) is 62.3 Å². The van der Waals surface area contributed by atoms with Crippen molar-refractivity contribution in [2.45, 2.75) is 47.5 Å². The fourth-order valence-electron chi connectivity index (χ4n) is 3.62. The van der Waals surface area contributed by atoms with E-state index in [1.807, 2.05) is 18.3 Å². The average molecular weight is 368 g/mol. The number of piperidine rings is 1. The Morgan fingerprint density at radius 2 is 1.93 bits per heavy atom. The van der Waals surface area contributed by atoms with Crippen LogP contribution in [0.1, 0.15) is 56.5 Å². The van der Waals surface area contributed by atoms with Crippen LogP contribution in [0.5, 0.6) is 0 Å². The van der Waals surface area contributed by atoms with Crippen LogP contribution in [0, 0.1) is 18.3 Å². The summed E-state index contributed by atoms with van der Waals surface area (Å²) < 4.78 is 0. The van der Waals surface area contributed by atoms with Crippen LogP contribution in [0.15, 0.2) is 41.7 Å². The van der Waals surface area contributed by atoms with Gasteiger partial charge in [0.2, 0.25) is 0 Å². The lowest BCUT2D eigenvalue weighted by molar-refractivity contribution is 0.0965. The molecule has 1 amide bonds. The van der Waals surface area contributed by atoms with Gasteiger partial charge in [-0.3, -0.25) is 4.79 Å². The molecule has 0 unspecified atom stereocenters. The Morgan fingerprint density at radius 1 is 1.22 bits per heavy atom. The van der Waals surface area contributed by atoms with Gasteiger partial charge in [0.15, 0.2) is 0 Å². The molecular weight excluding hydrogens is 334 g/mol. The van der Waals surface area contributed by atoms with Crippen molar-refractivity contribution in [1.29, 1.82) is 0 Å². The molecule has 0 aliphatic carbocycles. The molecule has 146 valence electrons. The summed E-state index contributed by atoms with van der Waals surface area (Å²) >= 11 is 0. The van der Waals surface area contributed by atoms with Crippen molar-refractivity contribution >= 4 is 11.6 Å². The lowest BCUT2D eigenvalue weighted by Crippen LogP contribution is -2.36. The van der Waals surface area contributed by atoms with E-state index in [0.717, 1.165) is 36.0 Å². The van der Waals surface area contributed by atoms with Gasteiger partial charge in [-0.25, -0.2) is 0 Å². The summed E-state index contributed by atoms with van der Waals surface area (Å²) in [4.78, 5) is 15.5. The molecule has 0 radical (unpaired) electrons. The second-order valence-electron chi connectivity index (χ2n) is 9.04. The zero-order valence-electron chi connectivity index (χ0n) is 17.4. The number of nitrogens with zero attached hydrogens (tertiary/aromatic N) is 1. The predicted molar refractivity (Wildman–Crippen MR) is 113 cm³/mol. The Bertz CT molecular complexity index is 762. The van der Waals surface area contributed by atoms with Crippen molar-refractivity contribution in [3.63, 3.8) is 0 Å². The van der Waals surface area contributed by atoms with Crippen LogP contribution < -0.4 is 15.5 Å². The number of carbonyl (C=O) groups excluding carboxylic acids is 1. The summed E-state index contributed by atoms with van der Waals surface area (Å²) in [5.74, 6) is 0.747. The minimum absolute atomic E-state index is 0.0215. The van der Waals surface area contributed by atoms with Crippen LogP contribution in [0.25, 0.3) is 0 Å². The molecule has 0 bridgehead atoms. The molecule has 0 atom stereocenters. The number of carbonyl (C=O) groups is 1. The van der Waals surface area contributed by atoms with E-state index in [9.17, 15) is 4.79 Å². The van der Waals surface area contributed by atoms with E-state index >= 15 is 0 Å². The summed E-state index contributed by atoms with van der Waals surface area (Å²) in [5, 5.41) is 6.42. The first kappa shape index (κ1) is 19.5. The molecule has 4 heteroatoms. The van der Waals surface area contributed by atoms with Gasteiger partial charge in [-0.1, -0.05) is 33.8 Å². The van der Waals surface area contributed by atoms with Crippen LogP contribution in [0.2, 0.25) is 0 Å². The largest absolute Gasteiger partial charge is 0.385 e.